The molecule has 0 spiro atoms. The Morgan fingerprint density at radius 3 is 2.94 bits per heavy atom. The van der Waals surface area contributed by atoms with E-state index in [1.165, 1.54) is 22.6 Å². The topological polar surface area (TPSA) is 107 Å². The molecular formula is C22H17IN4O5S. The van der Waals surface area contributed by atoms with Crippen molar-refractivity contribution in [2.75, 3.05) is 16.8 Å². The summed E-state index contributed by atoms with van der Waals surface area (Å²) >= 11 is 3.42. The summed E-state index contributed by atoms with van der Waals surface area (Å²) in [4.78, 5) is 36.6. The maximum Gasteiger partial charge on any atom is 0.350 e. The summed E-state index contributed by atoms with van der Waals surface area (Å²) in [6, 6.07) is 8.75. The molecule has 1 aliphatic heterocycles. The van der Waals surface area contributed by atoms with Crippen molar-refractivity contribution in [1.82, 2.24) is 9.97 Å². The molecule has 4 aromatic rings. The van der Waals surface area contributed by atoms with E-state index in [1.54, 1.807) is 19.3 Å². The summed E-state index contributed by atoms with van der Waals surface area (Å²) in [6.45, 7) is 2.27. The predicted molar refractivity (Wildman–Crippen MR) is 132 cm³/mol. The number of halogens is 1. The van der Waals surface area contributed by atoms with Crippen LogP contribution in [0.5, 0.6) is 5.75 Å². The van der Waals surface area contributed by atoms with Crippen molar-refractivity contribution in [3.05, 3.63) is 59.1 Å². The number of amides is 2. The number of thiophene rings is 1. The van der Waals surface area contributed by atoms with Crippen molar-refractivity contribution < 1.29 is 23.5 Å². The van der Waals surface area contributed by atoms with Crippen LogP contribution < -0.4 is 15.0 Å². The van der Waals surface area contributed by atoms with Gasteiger partial charge in [0.1, 0.15) is 34.2 Å². The zero-order chi connectivity index (χ0) is 22.9. The van der Waals surface area contributed by atoms with E-state index in [2.05, 4.69) is 37.9 Å². The molecule has 0 aliphatic carbocycles. The lowest BCUT2D eigenvalue weighted by molar-refractivity contribution is 0.0533. The summed E-state index contributed by atoms with van der Waals surface area (Å²) in [7, 11) is 0. The normalized spacial score (nSPS) is 12.7. The van der Waals surface area contributed by atoms with Gasteiger partial charge in [0, 0.05) is 9.99 Å². The molecule has 11 heteroatoms. The van der Waals surface area contributed by atoms with E-state index in [-0.39, 0.29) is 6.61 Å². The number of anilines is 3. The second kappa shape index (κ2) is 8.98. The van der Waals surface area contributed by atoms with Crippen LogP contribution in [-0.2, 0) is 15.8 Å². The molecule has 4 heterocycles. The van der Waals surface area contributed by atoms with Crippen molar-refractivity contribution >= 4 is 73.3 Å². The van der Waals surface area contributed by atoms with Gasteiger partial charge in [-0.05, 0) is 37.3 Å². The fourth-order valence-electron chi connectivity index (χ4n) is 3.54. The number of hydrogen-bond acceptors (Lipinski definition) is 8. The van der Waals surface area contributed by atoms with Crippen molar-refractivity contribution in [1.29, 1.82) is 0 Å². The summed E-state index contributed by atoms with van der Waals surface area (Å²) in [5.41, 5.74) is 1.93. The Morgan fingerprint density at radius 2 is 2.18 bits per heavy atom. The van der Waals surface area contributed by atoms with Gasteiger partial charge in [0.15, 0.2) is 5.82 Å². The summed E-state index contributed by atoms with van der Waals surface area (Å²) in [5.74, 6) is 1.34. The molecule has 0 saturated heterocycles. The second-order valence-electron chi connectivity index (χ2n) is 6.96. The van der Waals surface area contributed by atoms with Gasteiger partial charge in [0.05, 0.1) is 29.6 Å². The van der Waals surface area contributed by atoms with E-state index < -0.39 is 12.0 Å². The number of esters is 1. The van der Waals surface area contributed by atoms with Crippen LogP contribution in [0.3, 0.4) is 0 Å². The van der Waals surface area contributed by atoms with Gasteiger partial charge < -0.3 is 19.2 Å². The van der Waals surface area contributed by atoms with Crippen LogP contribution in [0.1, 0.15) is 27.9 Å². The third-order valence-electron chi connectivity index (χ3n) is 4.97. The molecule has 2 amide bonds. The van der Waals surface area contributed by atoms with Gasteiger partial charge in [-0.15, -0.1) is 11.3 Å². The zero-order valence-electron chi connectivity index (χ0n) is 17.3. The van der Waals surface area contributed by atoms with E-state index in [1.807, 2.05) is 24.3 Å². The highest BCUT2D eigenvalue weighted by Gasteiger charge is 2.34. The molecule has 1 N–H and O–H groups in total. The van der Waals surface area contributed by atoms with Crippen molar-refractivity contribution in [3.8, 4) is 5.75 Å². The lowest BCUT2D eigenvalue weighted by Crippen LogP contribution is -2.35. The van der Waals surface area contributed by atoms with Crippen LogP contribution >= 0.6 is 33.9 Å². The summed E-state index contributed by atoms with van der Waals surface area (Å²) in [6.07, 6.45) is 2.99. The Morgan fingerprint density at radius 1 is 1.30 bits per heavy atom. The first-order valence-corrected chi connectivity index (χ1v) is 12.3. The molecule has 3 aromatic heterocycles. The third-order valence-corrected chi connectivity index (χ3v) is 6.87. The second-order valence-corrected chi connectivity index (χ2v) is 8.73. The largest absolute Gasteiger partial charge is 0.485 e. The first-order chi connectivity index (χ1) is 16.1. The Labute approximate surface area is 205 Å². The summed E-state index contributed by atoms with van der Waals surface area (Å²) < 4.78 is 17.1. The van der Waals surface area contributed by atoms with Crippen LogP contribution in [-0.4, -0.2) is 28.6 Å². The minimum Gasteiger partial charge on any atom is -0.485 e. The number of nitrogens with zero attached hydrogens (tertiary/aromatic N) is 3. The van der Waals surface area contributed by atoms with E-state index >= 15 is 0 Å². The average molecular weight is 576 g/mol. The van der Waals surface area contributed by atoms with E-state index in [0.29, 0.717) is 49.1 Å². The summed E-state index contributed by atoms with van der Waals surface area (Å²) in [5, 5.41) is 3.44. The van der Waals surface area contributed by atoms with Gasteiger partial charge in [-0.1, -0.05) is 22.6 Å². The number of aromatic nitrogens is 2. The number of hydrogen-bond donors (Lipinski definition) is 1. The molecule has 0 fully saturated rings. The molecule has 168 valence electrons. The molecule has 1 aliphatic rings. The van der Waals surface area contributed by atoms with Gasteiger partial charge >= 0.3 is 12.0 Å². The predicted octanol–water partition coefficient (Wildman–Crippen LogP) is 5.66. The Bertz CT molecular complexity index is 1350. The van der Waals surface area contributed by atoms with Gasteiger partial charge in [0.2, 0.25) is 0 Å². The number of urea groups is 1. The molecule has 0 saturated carbocycles. The van der Waals surface area contributed by atoms with E-state index in [0.717, 1.165) is 11.3 Å². The highest BCUT2D eigenvalue weighted by molar-refractivity contribution is 14.1. The number of rotatable bonds is 7. The van der Waals surface area contributed by atoms with Crippen LogP contribution in [0, 0.1) is 0 Å². The van der Waals surface area contributed by atoms with Crippen molar-refractivity contribution in [3.63, 3.8) is 0 Å². The molecule has 1 aromatic carbocycles. The Kier molecular flexibility index (Phi) is 5.89. The zero-order valence-corrected chi connectivity index (χ0v) is 20.3. The van der Waals surface area contributed by atoms with E-state index in [4.69, 9.17) is 13.9 Å². The van der Waals surface area contributed by atoms with Crippen LogP contribution in [0.15, 0.2) is 47.3 Å². The van der Waals surface area contributed by atoms with Crippen molar-refractivity contribution in [2.24, 2.45) is 0 Å². The number of furan rings is 1. The molecule has 33 heavy (non-hydrogen) atoms. The molecule has 0 radical (unpaired) electrons. The first-order valence-electron chi connectivity index (χ1n) is 10.0. The molecule has 9 nitrogen and oxygen atoms in total. The first kappa shape index (κ1) is 21.6. The number of carbonyl (C=O) groups is 2. The maximum absolute atomic E-state index is 13.2. The minimum atomic E-state index is -0.500. The minimum absolute atomic E-state index is 0.235. The van der Waals surface area contributed by atoms with Crippen molar-refractivity contribution in [2.45, 2.75) is 18.0 Å². The van der Waals surface area contributed by atoms with Gasteiger partial charge in [0.25, 0.3) is 0 Å². The Hall–Kier alpha value is -3.19. The molecule has 5 rings (SSSR count). The van der Waals surface area contributed by atoms with Crippen LogP contribution in [0.2, 0.25) is 0 Å². The lowest BCUT2D eigenvalue weighted by Gasteiger charge is -2.27. The van der Waals surface area contributed by atoms with Crippen LogP contribution in [0.4, 0.5) is 22.0 Å². The van der Waals surface area contributed by atoms with Gasteiger partial charge in [-0.25, -0.2) is 24.5 Å². The fourth-order valence-corrected chi connectivity index (χ4v) is 5.12. The molecular weight excluding hydrogens is 559 g/mol. The molecule has 0 atom stereocenters. The number of carbonyl (C=O) groups excluding carboxylic acids is 2. The monoisotopic (exact) mass is 576 g/mol. The number of ether oxygens (including phenoxy) is 2. The smallest absolute Gasteiger partial charge is 0.350 e. The third kappa shape index (κ3) is 3.91. The van der Waals surface area contributed by atoms with Gasteiger partial charge in [-0.2, -0.15) is 0 Å². The fraction of sp³-hybridized carbons (Fsp3) is 0.182. The average Bonchev–Trinajstić information content (AvgIpc) is 3.47. The van der Waals surface area contributed by atoms with Gasteiger partial charge in [-0.3, -0.25) is 0 Å². The quantitative estimate of drug-likeness (QED) is 0.172. The van der Waals surface area contributed by atoms with Crippen LogP contribution in [0.25, 0.3) is 10.2 Å². The highest BCUT2D eigenvalue weighted by atomic mass is 127. The lowest BCUT2D eigenvalue weighted by atomic mass is 10.1. The maximum atomic E-state index is 13.2. The molecule has 0 bridgehead atoms. The number of nitrogens with one attached hydrogen (secondary N) is 1. The highest BCUT2D eigenvalue weighted by Crippen LogP contribution is 2.45. The number of benzene rings is 1. The van der Waals surface area contributed by atoms with E-state index in [9.17, 15) is 9.59 Å². The Balaban J connectivity index is 1.53. The standard InChI is InChI=1S/C22H17IN4O5S/c1-2-30-21(28)18-17-16-19(24-11-25-20(16)33-18)27(22(29)26-17)13-5-6-15(12(8-13)9-23)32-10-14-4-3-7-31-14/h3-8,11H,2,9-10H2,1H3,(H,26,29). The SMILES string of the molecule is CCOC(=O)c1sc2ncnc3c2c1NC(=O)N3c1ccc(OCc2ccco2)c(CI)c1. The number of alkyl halides is 1. The molecule has 0 unspecified atom stereocenters.